The minimum absolute atomic E-state index is 0. The van der Waals surface area contributed by atoms with Crippen LogP contribution in [0.5, 0.6) is 5.75 Å². The first-order valence-electron chi connectivity index (χ1n) is 7.60. The molecule has 2 N–H and O–H groups in total. The highest BCUT2D eigenvalue weighted by Gasteiger charge is 2.13. The molecule has 0 bridgehead atoms. The molecule has 1 aromatic rings. The largest absolute Gasteiger partial charge is 0.491 e. The van der Waals surface area contributed by atoms with Gasteiger partial charge in [-0.3, -0.25) is 4.79 Å². The lowest BCUT2D eigenvalue weighted by Crippen LogP contribution is -2.26. The first kappa shape index (κ1) is 18.7. The summed E-state index contributed by atoms with van der Waals surface area (Å²) < 4.78 is 18.6. The van der Waals surface area contributed by atoms with Gasteiger partial charge in [0, 0.05) is 13.0 Å². The lowest BCUT2D eigenvalue weighted by molar-refractivity contribution is -0.121. The molecule has 1 aromatic carbocycles. The minimum atomic E-state index is -0.368. The third-order valence-electron chi connectivity index (χ3n) is 3.68. The van der Waals surface area contributed by atoms with Crippen molar-refractivity contribution in [2.24, 2.45) is 5.92 Å². The summed E-state index contributed by atoms with van der Waals surface area (Å²) in [5, 5.41) is 6.24. The number of hydrogen-bond acceptors (Lipinski definition) is 3. The van der Waals surface area contributed by atoms with Gasteiger partial charge in [0.25, 0.3) is 0 Å². The van der Waals surface area contributed by atoms with Gasteiger partial charge < -0.3 is 15.4 Å². The number of carbonyl (C=O) groups is 1. The first-order valence-corrected chi connectivity index (χ1v) is 7.60. The van der Waals surface area contributed by atoms with Crippen LogP contribution in [0.2, 0.25) is 0 Å². The number of ether oxygens (including phenoxy) is 1. The molecule has 0 saturated carbocycles. The number of para-hydroxylation sites is 1. The third kappa shape index (κ3) is 6.62. The van der Waals surface area contributed by atoms with Crippen LogP contribution < -0.4 is 15.4 Å². The van der Waals surface area contributed by atoms with Crippen LogP contribution in [-0.4, -0.2) is 32.1 Å². The molecule has 1 amide bonds. The molecule has 22 heavy (non-hydrogen) atoms. The van der Waals surface area contributed by atoms with E-state index in [2.05, 4.69) is 10.6 Å². The summed E-state index contributed by atoms with van der Waals surface area (Å²) >= 11 is 0. The molecule has 0 spiro atoms. The molecule has 2 rings (SSSR count). The smallest absolute Gasteiger partial charge is 0.220 e. The number of amides is 1. The average molecular weight is 331 g/mol. The second kappa shape index (κ2) is 10.4. The second-order valence-electron chi connectivity index (χ2n) is 5.38. The van der Waals surface area contributed by atoms with Crippen molar-refractivity contribution in [1.29, 1.82) is 0 Å². The van der Waals surface area contributed by atoms with Crippen molar-refractivity contribution in [3.63, 3.8) is 0 Å². The van der Waals surface area contributed by atoms with Gasteiger partial charge in [0.1, 0.15) is 0 Å². The predicted octanol–water partition coefficient (Wildman–Crippen LogP) is 2.52. The van der Waals surface area contributed by atoms with Crippen LogP contribution >= 0.6 is 12.4 Å². The first-order chi connectivity index (χ1) is 10.3. The summed E-state index contributed by atoms with van der Waals surface area (Å²) in [4.78, 5) is 11.6. The molecular weight excluding hydrogens is 307 g/mol. The van der Waals surface area contributed by atoms with Crippen LogP contribution in [0.3, 0.4) is 0 Å². The monoisotopic (exact) mass is 330 g/mol. The third-order valence-corrected chi connectivity index (χ3v) is 3.68. The topological polar surface area (TPSA) is 50.4 Å². The number of nitrogens with one attached hydrogen (secondary N) is 2. The Kier molecular flexibility index (Phi) is 8.85. The van der Waals surface area contributed by atoms with E-state index in [1.807, 2.05) is 0 Å². The highest BCUT2D eigenvalue weighted by Crippen LogP contribution is 2.15. The van der Waals surface area contributed by atoms with E-state index in [-0.39, 0.29) is 29.9 Å². The van der Waals surface area contributed by atoms with Crippen molar-refractivity contribution in [3.05, 3.63) is 30.1 Å². The fourth-order valence-electron chi connectivity index (χ4n) is 2.44. The van der Waals surface area contributed by atoms with Gasteiger partial charge in [0.15, 0.2) is 11.6 Å². The van der Waals surface area contributed by atoms with Crippen LogP contribution in [-0.2, 0) is 4.79 Å². The zero-order valence-corrected chi connectivity index (χ0v) is 13.5. The molecule has 1 heterocycles. The average Bonchev–Trinajstić information content (AvgIpc) is 2.98. The van der Waals surface area contributed by atoms with Crippen LogP contribution in [0.1, 0.15) is 25.7 Å². The van der Waals surface area contributed by atoms with E-state index >= 15 is 0 Å². The molecule has 4 nitrogen and oxygen atoms in total. The van der Waals surface area contributed by atoms with Gasteiger partial charge in [-0.1, -0.05) is 12.1 Å². The molecule has 1 fully saturated rings. The molecule has 1 unspecified atom stereocenters. The molecular formula is C16H24ClFN2O2. The Balaban J connectivity index is 0.00000242. The van der Waals surface area contributed by atoms with E-state index in [0.29, 0.717) is 25.4 Å². The van der Waals surface area contributed by atoms with Crippen molar-refractivity contribution >= 4 is 18.3 Å². The normalized spacial score (nSPS) is 16.9. The van der Waals surface area contributed by atoms with Crippen LogP contribution in [0.15, 0.2) is 24.3 Å². The molecule has 0 radical (unpaired) electrons. The van der Waals surface area contributed by atoms with Crippen molar-refractivity contribution < 1.29 is 13.9 Å². The summed E-state index contributed by atoms with van der Waals surface area (Å²) in [5.41, 5.74) is 0. The van der Waals surface area contributed by atoms with E-state index in [0.717, 1.165) is 26.1 Å². The van der Waals surface area contributed by atoms with Crippen LogP contribution in [0.4, 0.5) is 4.39 Å². The van der Waals surface area contributed by atoms with E-state index in [1.54, 1.807) is 18.2 Å². The van der Waals surface area contributed by atoms with Gasteiger partial charge in [0.2, 0.25) is 5.91 Å². The Morgan fingerprint density at radius 2 is 2.23 bits per heavy atom. The summed E-state index contributed by atoms with van der Waals surface area (Å²) in [7, 11) is 0. The molecule has 1 aliphatic rings. The van der Waals surface area contributed by atoms with Crippen LogP contribution in [0, 0.1) is 11.7 Å². The highest BCUT2D eigenvalue weighted by atomic mass is 35.5. The maximum absolute atomic E-state index is 13.3. The predicted molar refractivity (Wildman–Crippen MR) is 87.0 cm³/mol. The Bertz CT molecular complexity index is 454. The molecule has 0 aromatic heterocycles. The Labute approximate surface area is 137 Å². The number of carbonyl (C=O) groups excluding carboxylic acids is 1. The van der Waals surface area contributed by atoms with Gasteiger partial charge in [-0.15, -0.1) is 12.4 Å². The standard InChI is InChI=1S/C16H23FN2O2.ClH/c17-14-4-1-2-5-15(14)21-11-3-6-16(20)19-10-8-13-7-9-18-12-13;/h1-2,4-5,13,18H,3,6-12H2,(H,19,20);1H. The number of rotatable bonds is 8. The van der Waals surface area contributed by atoms with E-state index < -0.39 is 0 Å². The SMILES string of the molecule is Cl.O=C(CCCOc1ccccc1F)NCCC1CCNC1. The Hall–Kier alpha value is -1.33. The number of hydrogen-bond donors (Lipinski definition) is 2. The van der Waals surface area contributed by atoms with Gasteiger partial charge in [-0.2, -0.15) is 0 Å². The molecule has 124 valence electrons. The summed E-state index contributed by atoms with van der Waals surface area (Å²) in [6.45, 7) is 3.23. The molecule has 6 heteroatoms. The molecule has 1 atom stereocenters. The van der Waals surface area contributed by atoms with Gasteiger partial charge in [-0.25, -0.2) is 4.39 Å². The summed E-state index contributed by atoms with van der Waals surface area (Å²) in [5.74, 6) is 0.603. The summed E-state index contributed by atoms with van der Waals surface area (Å²) in [6, 6.07) is 6.30. The number of benzene rings is 1. The van der Waals surface area contributed by atoms with Crippen molar-refractivity contribution in [2.45, 2.75) is 25.7 Å². The lowest BCUT2D eigenvalue weighted by Gasteiger charge is -2.10. The highest BCUT2D eigenvalue weighted by molar-refractivity contribution is 5.85. The number of halogens is 2. The van der Waals surface area contributed by atoms with Gasteiger partial charge in [-0.05, 0) is 50.4 Å². The molecule has 0 aliphatic carbocycles. The van der Waals surface area contributed by atoms with E-state index in [9.17, 15) is 9.18 Å². The molecule has 1 aliphatic heterocycles. The maximum atomic E-state index is 13.3. The fourth-order valence-corrected chi connectivity index (χ4v) is 2.44. The van der Waals surface area contributed by atoms with Crippen molar-refractivity contribution in [3.8, 4) is 5.75 Å². The Morgan fingerprint density at radius 3 is 2.95 bits per heavy atom. The fraction of sp³-hybridized carbons (Fsp3) is 0.562. The zero-order chi connectivity index (χ0) is 14.9. The van der Waals surface area contributed by atoms with Crippen molar-refractivity contribution in [2.75, 3.05) is 26.2 Å². The van der Waals surface area contributed by atoms with E-state index in [4.69, 9.17) is 4.74 Å². The Morgan fingerprint density at radius 1 is 1.41 bits per heavy atom. The summed E-state index contributed by atoms with van der Waals surface area (Å²) in [6.07, 6.45) is 3.24. The minimum Gasteiger partial charge on any atom is -0.491 e. The quantitative estimate of drug-likeness (QED) is 0.720. The zero-order valence-electron chi connectivity index (χ0n) is 12.6. The maximum Gasteiger partial charge on any atom is 0.220 e. The van der Waals surface area contributed by atoms with E-state index in [1.165, 1.54) is 12.5 Å². The van der Waals surface area contributed by atoms with Crippen molar-refractivity contribution in [1.82, 2.24) is 10.6 Å². The second-order valence-corrected chi connectivity index (χ2v) is 5.38. The molecule has 1 saturated heterocycles. The van der Waals surface area contributed by atoms with Gasteiger partial charge in [0.05, 0.1) is 6.61 Å². The van der Waals surface area contributed by atoms with Gasteiger partial charge >= 0.3 is 0 Å². The lowest BCUT2D eigenvalue weighted by atomic mass is 10.1. The van der Waals surface area contributed by atoms with Crippen LogP contribution in [0.25, 0.3) is 0 Å².